The lowest BCUT2D eigenvalue weighted by molar-refractivity contribution is -0.117. The number of aromatic nitrogens is 5. The van der Waals surface area contributed by atoms with E-state index in [-0.39, 0.29) is 12.5 Å². The van der Waals surface area contributed by atoms with Crippen LogP contribution >= 0.6 is 0 Å². The van der Waals surface area contributed by atoms with Crippen molar-refractivity contribution in [2.75, 3.05) is 5.32 Å². The maximum absolute atomic E-state index is 12.5. The van der Waals surface area contributed by atoms with Crippen LogP contribution in [0.1, 0.15) is 43.8 Å². The Bertz CT molecular complexity index is 908. The van der Waals surface area contributed by atoms with Gasteiger partial charge in [-0.2, -0.15) is 5.10 Å². The lowest BCUT2D eigenvalue weighted by Gasteiger charge is -2.23. The smallest absolute Gasteiger partial charge is 0.247 e. The molecule has 7 heteroatoms. The van der Waals surface area contributed by atoms with Crippen molar-refractivity contribution in [3.63, 3.8) is 0 Å². The number of hydrogen-bond acceptors (Lipinski definition) is 4. The molecule has 0 spiro atoms. The summed E-state index contributed by atoms with van der Waals surface area (Å²) >= 11 is 0. The van der Waals surface area contributed by atoms with Gasteiger partial charge in [-0.25, -0.2) is 9.36 Å². The molecule has 3 aromatic rings. The monoisotopic (exact) mass is 364 g/mol. The minimum atomic E-state index is -0.128. The van der Waals surface area contributed by atoms with Gasteiger partial charge < -0.3 is 5.32 Å². The van der Waals surface area contributed by atoms with E-state index in [0.717, 1.165) is 35.6 Å². The van der Waals surface area contributed by atoms with Gasteiger partial charge >= 0.3 is 0 Å². The van der Waals surface area contributed by atoms with Crippen molar-refractivity contribution in [2.45, 2.75) is 51.6 Å². The summed E-state index contributed by atoms with van der Waals surface area (Å²) in [6.45, 7) is 2.08. The molecule has 0 atom stereocenters. The van der Waals surface area contributed by atoms with Crippen molar-refractivity contribution in [3.05, 3.63) is 48.3 Å². The van der Waals surface area contributed by atoms with Crippen molar-refractivity contribution >= 4 is 11.7 Å². The molecule has 0 bridgehead atoms. The van der Waals surface area contributed by atoms with Gasteiger partial charge in [0.25, 0.3) is 0 Å². The van der Waals surface area contributed by atoms with Gasteiger partial charge in [-0.1, -0.05) is 54.8 Å². The van der Waals surface area contributed by atoms with E-state index in [0.29, 0.717) is 6.04 Å². The van der Waals surface area contributed by atoms with Crippen molar-refractivity contribution in [1.29, 1.82) is 0 Å². The molecule has 1 saturated carbocycles. The lowest BCUT2D eigenvalue weighted by atomic mass is 9.96. The number of nitrogens with one attached hydrogen (secondary N) is 1. The summed E-state index contributed by atoms with van der Waals surface area (Å²) in [5.74, 6) is 0.643. The van der Waals surface area contributed by atoms with Gasteiger partial charge in [-0.15, -0.1) is 5.10 Å². The van der Waals surface area contributed by atoms with E-state index in [1.165, 1.54) is 19.3 Å². The highest BCUT2D eigenvalue weighted by atomic mass is 16.2. The van der Waals surface area contributed by atoms with Crippen LogP contribution in [0.15, 0.2) is 42.6 Å². The molecule has 0 radical (unpaired) electrons. The van der Waals surface area contributed by atoms with Gasteiger partial charge in [0.15, 0.2) is 0 Å². The molecule has 1 aliphatic rings. The van der Waals surface area contributed by atoms with Crippen molar-refractivity contribution < 1.29 is 4.79 Å². The van der Waals surface area contributed by atoms with Gasteiger partial charge in [0, 0.05) is 11.6 Å². The molecular weight excluding hydrogens is 340 g/mol. The highest BCUT2D eigenvalue weighted by Gasteiger charge is 2.20. The third-order valence-electron chi connectivity index (χ3n) is 4.96. The maximum atomic E-state index is 12.5. The molecule has 0 saturated heterocycles. The van der Waals surface area contributed by atoms with E-state index in [1.54, 1.807) is 10.9 Å². The van der Waals surface area contributed by atoms with Gasteiger partial charge in [0.2, 0.25) is 5.91 Å². The Hall–Kier alpha value is -2.96. The van der Waals surface area contributed by atoms with Crippen LogP contribution in [0.5, 0.6) is 0 Å². The summed E-state index contributed by atoms with van der Waals surface area (Å²) in [5.41, 5.74) is 2.66. The normalized spacial score (nSPS) is 15.0. The number of rotatable bonds is 5. The summed E-state index contributed by atoms with van der Waals surface area (Å²) in [6, 6.07) is 12.1. The Balaban J connectivity index is 1.44. The molecule has 1 N–H and O–H groups in total. The summed E-state index contributed by atoms with van der Waals surface area (Å²) in [7, 11) is 0. The van der Waals surface area contributed by atoms with Gasteiger partial charge in [-0.3, -0.25) is 4.79 Å². The highest BCUT2D eigenvalue weighted by molar-refractivity contribution is 5.89. The van der Waals surface area contributed by atoms with Crippen LogP contribution in [-0.2, 0) is 11.3 Å². The zero-order valence-corrected chi connectivity index (χ0v) is 15.5. The molecule has 1 aliphatic carbocycles. The van der Waals surface area contributed by atoms with Crippen molar-refractivity contribution in [1.82, 2.24) is 24.8 Å². The zero-order chi connectivity index (χ0) is 18.6. The quantitative estimate of drug-likeness (QED) is 0.750. The fraction of sp³-hybridized carbons (Fsp3) is 0.400. The van der Waals surface area contributed by atoms with Crippen LogP contribution < -0.4 is 5.32 Å². The first-order chi connectivity index (χ1) is 13.2. The SMILES string of the molecule is Cc1cc(NC(=O)Cn2cc(-c3ccccc3)nn2)n(C2CCCCC2)n1. The Labute approximate surface area is 158 Å². The average Bonchev–Trinajstić information content (AvgIpc) is 3.29. The fourth-order valence-electron chi connectivity index (χ4n) is 3.66. The molecule has 4 rings (SSSR count). The molecule has 0 aliphatic heterocycles. The van der Waals surface area contributed by atoms with E-state index in [9.17, 15) is 4.79 Å². The first-order valence-electron chi connectivity index (χ1n) is 9.50. The zero-order valence-electron chi connectivity index (χ0n) is 15.5. The van der Waals surface area contributed by atoms with E-state index in [2.05, 4.69) is 20.7 Å². The molecule has 27 heavy (non-hydrogen) atoms. The topological polar surface area (TPSA) is 77.6 Å². The first-order valence-corrected chi connectivity index (χ1v) is 9.50. The lowest BCUT2D eigenvalue weighted by Crippen LogP contribution is -2.23. The molecule has 0 unspecified atom stereocenters. The Morgan fingerprint density at radius 1 is 1.19 bits per heavy atom. The Morgan fingerprint density at radius 2 is 1.96 bits per heavy atom. The second kappa shape index (κ2) is 7.73. The molecule has 7 nitrogen and oxygen atoms in total. The standard InChI is InChI=1S/C20H24N6O/c1-15-12-19(26(23-15)17-10-6-3-7-11-17)21-20(27)14-25-13-18(22-24-25)16-8-4-2-5-9-16/h2,4-5,8-9,12-13,17H,3,6-7,10-11,14H2,1H3,(H,21,27). The molecule has 140 valence electrons. The number of benzene rings is 1. The Morgan fingerprint density at radius 3 is 2.74 bits per heavy atom. The van der Waals surface area contributed by atoms with E-state index >= 15 is 0 Å². The second-order valence-corrected chi connectivity index (χ2v) is 7.12. The second-order valence-electron chi connectivity index (χ2n) is 7.12. The van der Waals surface area contributed by atoms with Crippen LogP contribution in [-0.4, -0.2) is 30.7 Å². The molecule has 1 amide bonds. The number of carbonyl (C=O) groups is 1. The predicted molar refractivity (Wildman–Crippen MR) is 103 cm³/mol. The summed E-state index contributed by atoms with van der Waals surface area (Å²) in [4.78, 5) is 12.5. The first kappa shape index (κ1) is 17.5. The van der Waals surface area contributed by atoms with Crippen molar-refractivity contribution in [2.24, 2.45) is 0 Å². The van der Waals surface area contributed by atoms with Gasteiger partial charge in [-0.05, 0) is 19.8 Å². The number of carbonyl (C=O) groups excluding carboxylic acids is 1. The number of aryl methyl sites for hydroxylation is 1. The fourth-order valence-corrected chi connectivity index (χ4v) is 3.66. The maximum Gasteiger partial charge on any atom is 0.247 e. The molecule has 2 heterocycles. The van der Waals surface area contributed by atoms with E-state index < -0.39 is 0 Å². The number of anilines is 1. The third kappa shape index (κ3) is 4.07. The summed E-state index contributed by atoms with van der Waals surface area (Å²) < 4.78 is 3.55. The molecular formula is C20H24N6O. The minimum Gasteiger partial charge on any atom is -0.309 e. The number of amides is 1. The number of hydrogen-bond donors (Lipinski definition) is 1. The average molecular weight is 364 g/mol. The van der Waals surface area contributed by atoms with E-state index in [1.807, 2.05) is 48.0 Å². The van der Waals surface area contributed by atoms with Gasteiger partial charge in [0.05, 0.1) is 17.9 Å². The van der Waals surface area contributed by atoms with Crippen molar-refractivity contribution in [3.8, 4) is 11.3 Å². The van der Waals surface area contributed by atoms with Crippen LogP contribution in [0.4, 0.5) is 5.82 Å². The predicted octanol–water partition coefficient (Wildman–Crippen LogP) is 3.59. The number of nitrogens with zero attached hydrogens (tertiary/aromatic N) is 5. The van der Waals surface area contributed by atoms with Crippen LogP contribution in [0.2, 0.25) is 0 Å². The van der Waals surface area contributed by atoms with Gasteiger partial charge in [0.1, 0.15) is 18.1 Å². The summed E-state index contributed by atoms with van der Waals surface area (Å²) in [5, 5.41) is 15.8. The van der Waals surface area contributed by atoms with Crippen LogP contribution in [0.3, 0.4) is 0 Å². The van der Waals surface area contributed by atoms with Crippen LogP contribution in [0.25, 0.3) is 11.3 Å². The largest absolute Gasteiger partial charge is 0.309 e. The molecule has 1 fully saturated rings. The molecule has 1 aromatic carbocycles. The Kier molecular flexibility index (Phi) is 5.00. The molecule has 2 aromatic heterocycles. The summed E-state index contributed by atoms with van der Waals surface area (Å²) in [6.07, 6.45) is 7.75. The van der Waals surface area contributed by atoms with Crippen LogP contribution in [0, 0.1) is 6.92 Å². The minimum absolute atomic E-state index is 0.120. The third-order valence-corrected chi connectivity index (χ3v) is 4.96. The highest BCUT2D eigenvalue weighted by Crippen LogP contribution is 2.30. The van der Waals surface area contributed by atoms with E-state index in [4.69, 9.17) is 0 Å².